The molecule has 4 amide bonds. The van der Waals surface area contributed by atoms with Crippen LogP contribution < -0.4 is 16.0 Å². The van der Waals surface area contributed by atoms with Crippen molar-refractivity contribution in [1.29, 1.82) is 0 Å². The van der Waals surface area contributed by atoms with E-state index in [9.17, 15) is 23.2 Å². The summed E-state index contributed by atoms with van der Waals surface area (Å²) in [6, 6.07) is 5.09. The Morgan fingerprint density at radius 3 is 2.44 bits per heavy atom. The molecule has 2 fully saturated rings. The Balaban J connectivity index is 1.83. The van der Waals surface area contributed by atoms with E-state index in [0.717, 1.165) is 25.7 Å². The highest BCUT2D eigenvalue weighted by molar-refractivity contribution is 5.97. The van der Waals surface area contributed by atoms with Gasteiger partial charge in [-0.25, -0.2) is 13.6 Å². The number of urea groups is 1. The fraction of sp³-hybridized carbons (Fsp3) is 0.526. The van der Waals surface area contributed by atoms with Gasteiger partial charge in [-0.15, -0.1) is 0 Å². The third kappa shape index (κ3) is 4.61. The number of carbonyl (C=O) groups excluding carboxylic acids is 3. The third-order valence-corrected chi connectivity index (χ3v) is 5.30. The number of hydrogen-bond acceptors (Lipinski definition) is 3. The van der Waals surface area contributed by atoms with Gasteiger partial charge in [-0.3, -0.25) is 14.9 Å². The Hall–Kier alpha value is -2.51. The van der Waals surface area contributed by atoms with Crippen LogP contribution in [-0.4, -0.2) is 24.4 Å². The second-order valence-corrected chi connectivity index (χ2v) is 7.12. The zero-order valence-electron chi connectivity index (χ0n) is 14.8. The number of imide groups is 1. The quantitative estimate of drug-likeness (QED) is 0.735. The maximum absolute atomic E-state index is 13.5. The molecule has 0 spiro atoms. The highest BCUT2D eigenvalue weighted by atomic mass is 19.3. The van der Waals surface area contributed by atoms with Crippen LogP contribution in [0, 0.1) is 11.8 Å². The second-order valence-electron chi connectivity index (χ2n) is 7.12. The molecule has 1 saturated heterocycles. The number of amides is 4. The summed E-state index contributed by atoms with van der Waals surface area (Å²) in [6.07, 6.45) is 0.934. The van der Waals surface area contributed by atoms with Crippen LogP contribution in [0.15, 0.2) is 24.3 Å². The number of carbonyl (C=O) groups is 3. The summed E-state index contributed by atoms with van der Waals surface area (Å²) in [4.78, 5) is 35.9. The van der Waals surface area contributed by atoms with Gasteiger partial charge in [-0.1, -0.05) is 37.1 Å². The summed E-state index contributed by atoms with van der Waals surface area (Å²) in [7, 11) is 0. The van der Waals surface area contributed by atoms with Crippen LogP contribution in [0.5, 0.6) is 0 Å². The molecule has 27 heavy (non-hydrogen) atoms. The fourth-order valence-corrected chi connectivity index (χ4v) is 3.92. The van der Waals surface area contributed by atoms with Crippen molar-refractivity contribution in [1.82, 2.24) is 16.0 Å². The zero-order valence-corrected chi connectivity index (χ0v) is 14.8. The molecule has 8 heteroatoms. The maximum Gasteiger partial charge on any atom is 0.321 e. The van der Waals surface area contributed by atoms with Gasteiger partial charge in [0.25, 0.3) is 6.43 Å². The number of rotatable bonds is 5. The van der Waals surface area contributed by atoms with E-state index in [0.29, 0.717) is 5.56 Å². The lowest BCUT2D eigenvalue weighted by atomic mass is 9.88. The number of benzene rings is 1. The molecule has 2 aliphatic rings. The van der Waals surface area contributed by atoms with Crippen LogP contribution in [0.4, 0.5) is 13.6 Å². The lowest BCUT2D eigenvalue weighted by molar-refractivity contribution is -0.130. The monoisotopic (exact) mass is 379 g/mol. The maximum atomic E-state index is 13.5. The molecule has 2 atom stereocenters. The van der Waals surface area contributed by atoms with Crippen molar-refractivity contribution < 1.29 is 23.2 Å². The van der Waals surface area contributed by atoms with Crippen molar-refractivity contribution >= 4 is 17.8 Å². The van der Waals surface area contributed by atoms with Crippen molar-refractivity contribution in [2.45, 2.75) is 44.6 Å². The predicted molar refractivity (Wildman–Crippen MR) is 93.9 cm³/mol. The molecule has 0 aromatic heterocycles. The van der Waals surface area contributed by atoms with E-state index >= 15 is 0 Å². The summed E-state index contributed by atoms with van der Waals surface area (Å²) in [5, 5.41) is 7.49. The van der Waals surface area contributed by atoms with Gasteiger partial charge in [0.15, 0.2) is 0 Å². The Labute approximate surface area is 156 Å². The molecule has 6 nitrogen and oxygen atoms in total. The molecule has 0 radical (unpaired) electrons. The van der Waals surface area contributed by atoms with Gasteiger partial charge in [0.05, 0.1) is 12.0 Å². The summed E-state index contributed by atoms with van der Waals surface area (Å²) in [6.45, 7) is 0.0251. The van der Waals surface area contributed by atoms with Gasteiger partial charge in [0, 0.05) is 18.5 Å². The molecule has 1 heterocycles. The van der Waals surface area contributed by atoms with Gasteiger partial charge in [-0.2, -0.15) is 0 Å². The second kappa shape index (κ2) is 8.45. The standard InChI is InChI=1S/C19H23F2N3O3/c20-17(21)14-8-4-3-7-13(14)16(11-5-1-2-6-11)24-18(26)12-9-15(25)23-19(27)22-10-12/h3-4,7-8,11-12,16-17H,1-2,5-6,9-10H2,(H,24,26)(H2,22,23,25,27)/t12-,16+/m1/s1. The molecule has 1 aliphatic heterocycles. The fourth-order valence-electron chi connectivity index (χ4n) is 3.92. The average Bonchev–Trinajstić information content (AvgIpc) is 3.11. The average molecular weight is 379 g/mol. The minimum atomic E-state index is -2.63. The highest BCUT2D eigenvalue weighted by Crippen LogP contribution is 2.39. The van der Waals surface area contributed by atoms with Gasteiger partial charge >= 0.3 is 6.03 Å². The van der Waals surface area contributed by atoms with E-state index in [1.165, 1.54) is 6.07 Å². The first kappa shape index (κ1) is 19.3. The first-order valence-electron chi connectivity index (χ1n) is 9.20. The Bertz CT molecular complexity index is 720. The number of hydrogen-bond donors (Lipinski definition) is 3. The topological polar surface area (TPSA) is 87.3 Å². The van der Waals surface area contributed by atoms with Gasteiger partial charge < -0.3 is 10.6 Å². The van der Waals surface area contributed by atoms with Crippen molar-refractivity contribution in [3.8, 4) is 0 Å². The Morgan fingerprint density at radius 1 is 1.11 bits per heavy atom. The SMILES string of the molecule is O=C1C[C@@H](C(=O)N[C@H](c2ccccc2C(F)F)C2CCCC2)CNC(=O)N1. The largest absolute Gasteiger partial charge is 0.349 e. The van der Waals surface area contributed by atoms with Crippen molar-refractivity contribution in [2.75, 3.05) is 6.54 Å². The van der Waals surface area contributed by atoms with Crippen LogP contribution in [-0.2, 0) is 9.59 Å². The minimum Gasteiger partial charge on any atom is -0.349 e. The van der Waals surface area contributed by atoms with E-state index in [2.05, 4.69) is 16.0 Å². The van der Waals surface area contributed by atoms with E-state index in [1.54, 1.807) is 18.2 Å². The van der Waals surface area contributed by atoms with Crippen molar-refractivity contribution in [3.05, 3.63) is 35.4 Å². The number of halogens is 2. The summed E-state index contributed by atoms with van der Waals surface area (Å²) >= 11 is 0. The Morgan fingerprint density at radius 2 is 1.78 bits per heavy atom. The van der Waals surface area contributed by atoms with Gasteiger partial charge in [0.2, 0.25) is 11.8 Å². The Kier molecular flexibility index (Phi) is 6.03. The molecule has 146 valence electrons. The highest BCUT2D eigenvalue weighted by Gasteiger charge is 2.34. The number of alkyl halides is 2. The molecule has 1 aliphatic carbocycles. The zero-order chi connectivity index (χ0) is 19.4. The molecular formula is C19H23F2N3O3. The first-order valence-corrected chi connectivity index (χ1v) is 9.20. The van der Waals surface area contributed by atoms with Crippen LogP contribution in [0.25, 0.3) is 0 Å². The van der Waals surface area contributed by atoms with E-state index in [1.807, 2.05) is 0 Å². The summed E-state index contributed by atoms with van der Waals surface area (Å²) in [5.41, 5.74) is 0.344. The molecular weight excluding hydrogens is 356 g/mol. The van der Waals surface area contributed by atoms with E-state index in [-0.39, 0.29) is 24.4 Å². The van der Waals surface area contributed by atoms with Crippen LogP contribution in [0.1, 0.15) is 55.7 Å². The van der Waals surface area contributed by atoms with Crippen LogP contribution >= 0.6 is 0 Å². The van der Waals surface area contributed by atoms with Gasteiger partial charge in [0.1, 0.15) is 0 Å². The molecule has 3 N–H and O–H groups in total. The lowest BCUT2D eigenvalue weighted by Crippen LogP contribution is -2.41. The van der Waals surface area contributed by atoms with Crippen molar-refractivity contribution in [2.24, 2.45) is 11.8 Å². The molecule has 0 bridgehead atoms. The lowest BCUT2D eigenvalue weighted by Gasteiger charge is -2.28. The molecule has 1 aromatic rings. The minimum absolute atomic E-state index is 0.0251. The van der Waals surface area contributed by atoms with Crippen molar-refractivity contribution in [3.63, 3.8) is 0 Å². The molecule has 3 rings (SSSR count). The normalized spacial score (nSPS) is 22.1. The van der Waals surface area contributed by atoms with E-state index < -0.39 is 36.2 Å². The van der Waals surface area contributed by atoms with Crippen LogP contribution in [0.3, 0.4) is 0 Å². The number of nitrogens with one attached hydrogen (secondary N) is 3. The first-order chi connectivity index (χ1) is 13.0. The van der Waals surface area contributed by atoms with Crippen LogP contribution in [0.2, 0.25) is 0 Å². The molecule has 1 saturated carbocycles. The molecule has 1 aromatic carbocycles. The third-order valence-electron chi connectivity index (χ3n) is 5.30. The smallest absolute Gasteiger partial charge is 0.321 e. The molecule has 0 unspecified atom stereocenters. The van der Waals surface area contributed by atoms with E-state index in [4.69, 9.17) is 0 Å². The summed E-state index contributed by atoms with van der Waals surface area (Å²) < 4.78 is 27.0. The van der Waals surface area contributed by atoms with Gasteiger partial charge in [-0.05, 0) is 24.3 Å². The predicted octanol–water partition coefficient (Wildman–Crippen LogP) is 2.82. The summed E-state index contributed by atoms with van der Waals surface area (Å²) in [5.74, 6) is -1.61.